The number of aryl methyl sites for hydroxylation is 1. The molecule has 0 aliphatic heterocycles. The summed E-state index contributed by atoms with van der Waals surface area (Å²) in [6, 6.07) is 7.33. The van der Waals surface area contributed by atoms with Gasteiger partial charge >= 0.3 is 0 Å². The average Bonchev–Trinajstić information content (AvgIpc) is 2.46. The second-order valence-electron chi connectivity index (χ2n) is 3.77. The molecule has 1 aromatic carbocycles. The minimum atomic E-state index is 0.660. The summed E-state index contributed by atoms with van der Waals surface area (Å²) in [5.74, 6) is 0. The number of benzene rings is 1. The highest BCUT2D eigenvalue weighted by molar-refractivity contribution is 6.33. The molecule has 0 aliphatic rings. The zero-order valence-corrected chi connectivity index (χ0v) is 10.6. The molecule has 2 nitrogen and oxygen atoms in total. The molecule has 0 aliphatic carbocycles. The van der Waals surface area contributed by atoms with Gasteiger partial charge in [-0.2, -0.15) is 0 Å². The van der Waals surface area contributed by atoms with E-state index >= 15 is 0 Å². The van der Waals surface area contributed by atoms with Crippen molar-refractivity contribution >= 4 is 28.9 Å². The Morgan fingerprint density at radius 2 is 1.75 bits per heavy atom. The molecule has 0 amide bonds. The Morgan fingerprint density at radius 3 is 2.31 bits per heavy atom. The summed E-state index contributed by atoms with van der Waals surface area (Å²) in [4.78, 5) is 0. The fourth-order valence-corrected chi connectivity index (χ4v) is 2.24. The number of anilines is 1. The highest BCUT2D eigenvalue weighted by atomic mass is 35.5. The van der Waals surface area contributed by atoms with Gasteiger partial charge in [0.15, 0.2) is 0 Å². The molecular formula is C12H12Cl2N2. The highest BCUT2D eigenvalue weighted by Crippen LogP contribution is 2.29. The van der Waals surface area contributed by atoms with Crippen molar-refractivity contribution < 1.29 is 0 Å². The van der Waals surface area contributed by atoms with E-state index in [1.165, 1.54) is 0 Å². The van der Waals surface area contributed by atoms with Gasteiger partial charge in [-0.25, -0.2) is 0 Å². The number of aromatic nitrogens is 1. The van der Waals surface area contributed by atoms with Crippen LogP contribution in [0.15, 0.2) is 24.3 Å². The first-order valence-electron chi connectivity index (χ1n) is 4.90. The Hall–Kier alpha value is -1.12. The van der Waals surface area contributed by atoms with Crippen molar-refractivity contribution in [2.75, 3.05) is 5.73 Å². The smallest absolute Gasteiger partial charge is 0.0662 e. The quantitative estimate of drug-likeness (QED) is 0.767. The third-order valence-electron chi connectivity index (χ3n) is 2.58. The van der Waals surface area contributed by atoms with Crippen LogP contribution in [0.2, 0.25) is 10.0 Å². The van der Waals surface area contributed by atoms with Crippen molar-refractivity contribution in [3.8, 4) is 5.69 Å². The van der Waals surface area contributed by atoms with E-state index in [1.807, 2.05) is 30.5 Å². The Labute approximate surface area is 105 Å². The standard InChI is InChI=1S/C12H12Cl2N2/c1-7-5-11(14)8(2)16(7)12-6-9(15)3-4-10(12)13/h3-6H,15H2,1-2H3. The van der Waals surface area contributed by atoms with Gasteiger partial charge < -0.3 is 10.3 Å². The third kappa shape index (κ3) is 1.79. The Bertz CT molecular complexity index is 544. The van der Waals surface area contributed by atoms with Crippen LogP contribution in [0.5, 0.6) is 0 Å². The molecule has 0 saturated carbocycles. The lowest BCUT2D eigenvalue weighted by atomic mass is 10.2. The van der Waals surface area contributed by atoms with Gasteiger partial charge in [-0.05, 0) is 38.1 Å². The molecule has 2 rings (SSSR count). The van der Waals surface area contributed by atoms with Crippen LogP contribution in [0.3, 0.4) is 0 Å². The lowest BCUT2D eigenvalue weighted by Gasteiger charge is -2.12. The van der Waals surface area contributed by atoms with Gasteiger partial charge in [-0.15, -0.1) is 0 Å². The number of halogens is 2. The number of nitrogens with two attached hydrogens (primary N) is 1. The van der Waals surface area contributed by atoms with Crippen LogP contribution in [0, 0.1) is 13.8 Å². The lowest BCUT2D eigenvalue weighted by molar-refractivity contribution is 0.967. The SMILES string of the molecule is Cc1cc(Cl)c(C)n1-c1cc(N)ccc1Cl. The molecule has 0 atom stereocenters. The molecule has 1 aromatic heterocycles. The minimum absolute atomic E-state index is 0.660. The van der Waals surface area contributed by atoms with E-state index in [4.69, 9.17) is 28.9 Å². The summed E-state index contributed by atoms with van der Waals surface area (Å²) in [6.07, 6.45) is 0. The van der Waals surface area contributed by atoms with Crippen LogP contribution in [0.4, 0.5) is 5.69 Å². The Morgan fingerprint density at radius 1 is 1.06 bits per heavy atom. The predicted octanol–water partition coefficient (Wildman–Crippen LogP) is 3.98. The molecule has 84 valence electrons. The molecule has 0 spiro atoms. The van der Waals surface area contributed by atoms with E-state index in [1.54, 1.807) is 12.1 Å². The Kier molecular flexibility index (Phi) is 2.87. The van der Waals surface area contributed by atoms with Gasteiger partial charge in [0.1, 0.15) is 0 Å². The van der Waals surface area contributed by atoms with Crippen molar-refractivity contribution in [1.82, 2.24) is 4.57 Å². The number of hydrogen-bond donors (Lipinski definition) is 1. The largest absolute Gasteiger partial charge is 0.399 e. The van der Waals surface area contributed by atoms with Crippen molar-refractivity contribution in [1.29, 1.82) is 0 Å². The van der Waals surface area contributed by atoms with E-state index < -0.39 is 0 Å². The molecule has 1 heterocycles. The van der Waals surface area contributed by atoms with E-state index in [0.29, 0.717) is 10.7 Å². The van der Waals surface area contributed by atoms with Crippen LogP contribution in [0.25, 0.3) is 5.69 Å². The van der Waals surface area contributed by atoms with Gasteiger partial charge in [-0.1, -0.05) is 23.2 Å². The molecule has 2 N–H and O–H groups in total. The van der Waals surface area contributed by atoms with Gasteiger partial charge in [0.05, 0.1) is 15.7 Å². The maximum Gasteiger partial charge on any atom is 0.0662 e. The van der Waals surface area contributed by atoms with Crippen molar-refractivity contribution in [3.63, 3.8) is 0 Å². The third-order valence-corrected chi connectivity index (χ3v) is 3.28. The second-order valence-corrected chi connectivity index (χ2v) is 4.58. The van der Waals surface area contributed by atoms with Crippen molar-refractivity contribution in [2.24, 2.45) is 0 Å². The number of nitrogens with zero attached hydrogens (tertiary/aromatic N) is 1. The van der Waals surface area contributed by atoms with Gasteiger partial charge in [0, 0.05) is 17.1 Å². The molecule has 4 heteroatoms. The topological polar surface area (TPSA) is 30.9 Å². The van der Waals surface area contributed by atoms with Crippen LogP contribution < -0.4 is 5.73 Å². The number of rotatable bonds is 1. The molecule has 0 unspecified atom stereocenters. The second kappa shape index (κ2) is 4.04. The summed E-state index contributed by atoms with van der Waals surface area (Å²) < 4.78 is 2.00. The zero-order valence-electron chi connectivity index (χ0n) is 9.09. The number of hydrogen-bond acceptors (Lipinski definition) is 1. The molecule has 0 radical (unpaired) electrons. The van der Waals surface area contributed by atoms with Gasteiger partial charge in [0.2, 0.25) is 0 Å². The Balaban J connectivity index is 2.71. The lowest BCUT2D eigenvalue weighted by Crippen LogP contribution is -2.00. The molecule has 0 saturated heterocycles. The summed E-state index contributed by atoms with van der Waals surface area (Å²) >= 11 is 12.2. The average molecular weight is 255 g/mol. The first-order valence-corrected chi connectivity index (χ1v) is 5.66. The van der Waals surface area contributed by atoms with Gasteiger partial charge in [-0.3, -0.25) is 0 Å². The van der Waals surface area contributed by atoms with Crippen molar-refractivity contribution in [2.45, 2.75) is 13.8 Å². The van der Waals surface area contributed by atoms with Crippen LogP contribution in [0.1, 0.15) is 11.4 Å². The minimum Gasteiger partial charge on any atom is -0.399 e. The molecule has 0 fully saturated rings. The van der Waals surface area contributed by atoms with E-state index in [0.717, 1.165) is 22.1 Å². The van der Waals surface area contributed by atoms with Crippen LogP contribution >= 0.6 is 23.2 Å². The first kappa shape index (κ1) is 11.4. The first-order chi connectivity index (χ1) is 7.50. The van der Waals surface area contributed by atoms with Gasteiger partial charge in [0.25, 0.3) is 0 Å². The summed E-state index contributed by atoms with van der Waals surface area (Å²) in [5, 5.41) is 1.39. The molecule has 2 aromatic rings. The highest BCUT2D eigenvalue weighted by Gasteiger charge is 2.11. The summed E-state index contributed by atoms with van der Waals surface area (Å²) in [6.45, 7) is 3.94. The fourth-order valence-electron chi connectivity index (χ4n) is 1.80. The maximum atomic E-state index is 6.16. The summed E-state index contributed by atoms with van der Waals surface area (Å²) in [7, 11) is 0. The predicted molar refractivity (Wildman–Crippen MR) is 69.7 cm³/mol. The van der Waals surface area contributed by atoms with E-state index in [-0.39, 0.29) is 0 Å². The van der Waals surface area contributed by atoms with E-state index in [2.05, 4.69) is 0 Å². The van der Waals surface area contributed by atoms with Crippen LogP contribution in [-0.4, -0.2) is 4.57 Å². The normalized spacial score (nSPS) is 10.8. The molecular weight excluding hydrogens is 243 g/mol. The molecule has 0 bridgehead atoms. The fraction of sp³-hybridized carbons (Fsp3) is 0.167. The zero-order chi connectivity index (χ0) is 11.9. The van der Waals surface area contributed by atoms with E-state index in [9.17, 15) is 0 Å². The maximum absolute atomic E-state index is 6.16. The molecule has 16 heavy (non-hydrogen) atoms. The monoisotopic (exact) mass is 254 g/mol. The summed E-state index contributed by atoms with van der Waals surface area (Å²) in [5.41, 5.74) is 9.32. The van der Waals surface area contributed by atoms with Crippen LogP contribution in [-0.2, 0) is 0 Å². The number of nitrogen functional groups attached to an aromatic ring is 1. The van der Waals surface area contributed by atoms with Crippen molar-refractivity contribution in [3.05, 3.63) is 45.7 Å².